The first kappa shape index (κ1) is 18.2. The third-order valence-electron chi connectivity index (χ3n) is 4.53. The van der Waals surface area contributed by atoms with Gasteiger partial charge in [0.25, 0.3) is 5.91 Å². The minimum Gasteiger partial charge on any atom is -0.417 e. The standard InChI is InChI=1S/C18H15F3N4O3/c19-18(20,21)17-23-22-15(27-17)12-7-4-8-25(10-12)16(26)13-9-14(28-24-13)11-5-2-1-3-6-11/h1-3,5-6,9,12H,4,7-8,10H2. The van der Waals surface area contributed by atoms with Crippen LogP contribution in [0.3, 0.4) is 0 Å². The number of halogens is 3. The van der Waals surface area contributed by atoms with Gasteiger partial charge in [0.2, 0.25) is 5.89 Å². The van der Waals surface area contributed by atoms with Crippen molar-refractivity contribution in [1.29, 1.82) is 0 Å². The fraction of sp³-hybridized carbons (Fsp3) is 0.333. The molecule has 0 radical (unpaired) electrons. The highest BCUT2D eigenvalue weighted by molar-refractivity contribution is 5.93. The first-order valence-electron chi connectivity index (χ1n) is 8.64. The smallest absolute Gasteiger partial charge is 0.417 e. The number of piperidine rings is 1. The summed E-state index contributed by atoms with van der Waals surface area (Å²) in [5.41, 5.74) is 0.928. The Balaban J connectivity index is 1.48. The van der Waals surface area contributed by atoms with Gasteiger partial charge in [-0.05, 0) is 12.8 Å². The van der Waals surface area contributed by atoms with E-state index in [9.17, 15) is 18.0 Å². The number of carbonyl (C=O) groups excluding carboxylic acids is 1. The molecule has 4 rings (SSSR count). The van der Waals surface area contributed by atoms with Crippen LogP contribution < -0.4 is 0 Å². The normalized spacial score (nSPS) is 17.7. The molecule has 0 saturated carbocycles. The zero-order chi connectivity index (χ0) is 19.7. The van der Waals surface area contributed by atoms with E-state index in [2.05, 4.69) is 15.4 Å². The second-order valence-corrected chi connectivity index (χ2v) is 6.48. The maximum atomic E-state index is 12.7. The maximum Gasteiger partial charge on any atom is 0.470 e. The summed E-state index contributed by atoms with van der Waals surface area (Å²) >= 11 is 0. The summed E-state index contributed by atoms with van der Waals surface area (Å²) in [5, 5.41) is 10.4. The van der Waals surface area contributed by atoms with Crippen molar-refractivity contribution in [3.05, 3.63) is 53.9 Å². The predicted octanol–water partition coefficient (Wildman–Crippen LogP) is 3.76. The Morgan fingerprint density at radius 1 is 1.18 bits per heavy atom. The number of alkyl halides is 3. The predicted molar refractivity (Wildman–Crippen MR) is 89.1 cm³/mol. The Kier molecular flexibility index (Phi) is 4.62. The van der Waals surface area contributed by atoms with Gasteiger partial charge >= 0.3 is 12.1 Å². The molecule has 0 aliphatic carbocycles. The molecule has 1 amide bonds. The molecule has 3 aromatic rings. The Hall–Kier alpha value is -3.17. The van der Waals surface area contributed by atoms with Gasteiger partial charge in [-0.2, -0.15) is 13.2 Å². The summed E-state index contributed by atoms with van der Waals surface area (Å²) in [6.07, 6.45) is -3.54. The lowest BCUT2D eigenvalue weighted by Gasteiger charge is -2.30. The maximum absolute atomic E-state index is 12.7. The van der Waals surface area contributed by atoms with Crippen LogP contribution in [-0.2, 0) is 6.18 Å². The molecule has 146 valence electrons. The summed E-state index contributed by atoms with van der Waals surface area (Å²) < 4.78 is 48.0. The average molecular weight is 392 g/mol. The van der Waals surface area contributed by atoms with Gasteiger partial charge in [-0.1, -0.05) is 35.5 Å². The van der Waals surface area contributed by atoms with Crippen molar-refractivity contribution in [3.63, 3.8) is 0 Å². The number of hydrogen-bond donors (Lipinski definition) is 0. The molecule has 1 aliphatic heterocycles. The van der Waals surface area contributed by atoms with Crippen molar-refractivity contribution < 1.29 is 26.9 Å². The van der Waals surface area contributed by atoms with Gasteiger partial charge in [-0.25, -0.2) is 0 Å². The summed E-state index contributed by atoms with van der Waals surface area (Å²) in [6.45, 7) is 0.634. The van der Waals surface area contributed by atoms with Gasteiger partial charge in [0.15, 0.2) is 11.5 Å². The second kappa shape index (κ2) is 7.10. The topological polar surface area (TPSA) is 85.3 Å². The minimum atomic E-state index is -4.69. The molecule has 0 spiro atoms. The van der Waals surface area contributed by atoms with Crippen LogP contribution in [0.2, 0.25) is 0 Å². The number of rotatable bonds is 3. The SMILES string of the molecule is O=C(c1cc(-c2ccccc2)on1)N1CCCC(c2nnc(C(F)(F)F)o2)C1. The molecule has 2 aromatic heterocycles. The minimum absolute atomic E-state index is 0.116. The number of nitrogens with zero attached hydrogens (tertiary/aromatic N) is 4. The van der Waals surface area contributed by atoms with E-state index < -0.39 is 18.0 Å². The van der Waals surface area contributed by atoms with Crippen molar-refractivity contribution >= 4 is 5.91 Å². The highest BCUT2D eigenvalue weighted by Crippen LogP contribution is 2.32. The molecule has 1 atom stereocenters. The number of carbonyl (C=O) groups is 1. The lowest BCUT2D eigenvalue weighted by Crippen LogP contribution is -2.39. The van der Waals surface area contributed by atoms with Gasteiger partial charge in [0.1, 0.15) is 0 Å². The van der Waals surface area contributed by atoms with E-state index in [1.165, 1.54) is 4.90 Å². The molecule has 28 heavy (non-hydrogen) atoms. The molecule has 1 unspecified atom stereocenters. The fourth-order valence-electron chi connectivity index (χ4n) is 3.15. The molecule has 1 saturated heterocycles. The van der Waals surface area contributed by atoms with Crippen LogP contribution in [0.25, 0.3) is 11.3 Å². The lowest BCUT2D eigenvalue weighted by atomic mass is 9.97. The summed E-state index contributed by atoms with van der Waals surface area (Å²) in [5.74, 6) is -1.85. The largest absolute Gasteiger partial charge is 0.470 e. The zero-order valence-electron chi connectivity index (χ0n) is 14.5. The van der Waals surface area contributed by atoms with Crippen LogP contribution >= 0.6 is 0 Å². The Labute approximate surface area is 157 Å². The molecule has 7 nitrogen and oxygen atoms in total. The van der Waals surface area contributed by atoms with Crippen molar-refractivity contribution in [2.45, 2.75) is 24.9 Å². The van der Waals surface area contributed by atoms with Gasteiger partial charge in [-0.15, -0.1) is 10.2 Å². The molecule has 3 heterocycles. The fourth-order valence-corrected chi connectivity index (χ4v) is 3.15. The van der Waals surface area contributed by atoms with Gasteiger partial charge in [0, 0.05) is 24.7 Å². The van der Waals surface area contributed by atoms with Crippen LogP contribution in [0.5, 0.6) is 0 Å². The quantitative estimate of drug-likeness (QED) is 0.675. The van der Waals surface area contributed by atoms with Crippen LogP contribution in [0.4, 0.5) is 13.2 Å². The molecule has 10 heteroatoms. The van der Waals surface area contributed by atoms with E-state index in [0.29, 0.717) is 25.1 Å². The highest BCUT2D eigenvalue weighted by atomic mass is 19.4. The van der Waals surface area contributed by atoms with E-state index >= 15 is 0 Å². The van der Waals surface area contributed by atoms with E-state index in [1.54, 1.807) is 6.07 Å². The van der Waals surface area contributed by atoms with Crippen molar-refractivity contribution in [1.82, 2.24) is 20.3 Å². The van der Waals surface area contributed by atoms with Crippen LogP contribution in [-0.4, -0.2) is 39.3 Å². The molecule has 0 bridgehead atoms. The van der Waals surface area contributed by atoms with E-state index in [1.807, 2.05) is 30.3 Å². The molecule has 1 aliphatic rings. The molecular formula is C18H15F3N4O3. The number of amides is 1. The van der Waals surface area contributed by atoms with E-state index in [0.717, 1.165) is 5.56 Å². The van der Waals surface area contributed by atoms with Crippen molar-refractivity contribution in [3.8, 4) is 11.3 Å². The number of aromatic nitrogens is 3. The van der Waals surface area contributed by atoms with Crippen LogP contribution in [0.15, 0.2) is 45.3 Å². The Morgan fingerprint density at radius 3 is 2.68 bits per heavy atom. The van der Waals surface area contributed by atoms with E-state index in [4.69, 9.17) is 8.94 Å². The van der Waals surface area contributed by atoms with Gasteiger partial charge < -0.3 is 13.8 Å². The van der Waals surface area contributed by atoms with Crippen molar-refractivity contribution in [2.24, 2.45) is 0 Å². The molecule has 1 fully saturated rings. The monoisotopic (exact) mass is 392 g/mol. The second-order valence-electron chi connectivity index (χ2n) is 6.48. The third kappa shape index (κ3) is 3.62. The zero-order valence-corrected chi connectivity index (χ0v) is 14.5. The number of benzene rings is 1. The average Bonchev–Trinajstić information content (AvgIpc) is 3.38. The van der Waals surface area contributed by atoms with E-state index in [-0.39, 0.29) is 24.0 Å². The lowest BCUT2D eigenvalue weighted by molar-refractivity contribution is -0.157. The van der Waals surface area contributed by atoms with Crippen LogP contribution in [0.1, 0.15) is 41.0 Å². The van der Waals surface area contributed by atoms with Gasteiger partial charge in [0.05, 0.1) is 5.92 Å². The summed E-state index contributed by atoms with van der Waals surface area (Å²) in [7, 11) is 0. The summed E-state index contributed by atoms with van der Waals surface area (Å²) in [6, 6.07) is 10.8. The molecular weight excluding hydrogens is 377 g/mol. The Bertz CT molecular complexity index is 968. The highest BCUT2D eigenvalue weighted by Gasteiger charge is 2.39. The number of likely N-dealkylation sites (tertiary alicyclic amines) is 1. The van der Waals surface area contributed by atoms with Crippen molar-refractivity contribution in [2.75, 3.05) is 13.1 Å². The number of hydrogen-bond acceptors (Lipinski definition) is 6. The molecule has 1 aromatic carbocycles. The Morgan fingerprint density at radius 2 is 1.96 bits per heavy atom. The first-order chi connectivity index (χ1) is 13.4. The first-order valence-corrected chi connectivity index (χ1v) is 8.64. The third-order valence-corrected chi connectivity index (χ3v) is 4.53. The van der Waals surface area contributed by atoms with Gasteiger partial charge in [-0.3, -0.25) is 4.79 Å². The van der Waals surface area contributed by atoms with Crippen LogP contribution in [0, 0.1) is 0 Å². The molecule has 0 N–H and O–H groups in total. The summed E-state index contributed by atoms with van der Waals surface area (Å²) in [4.78, 5) is 14.3.